The molecule has 0 aliphatic carbocycles. The largest absolute Gasteiger partial charge is 0.312 e. The molecule has 0 N–H and O–H groups in total. The maximum Gasteiger partial charge on any atom is 0.236 e. The fraction of sp³-hybridized carbons (Fsp3) is 0.333. The molecule has 4 nitrogen and oxygen atoms in total. The van der Waals surface area contributed by atoms with E-state index in [1.165, 1.54) is 5.56 Å². The lowest BCUT2D eigenvalue weighted by Gasteiger charge is -2.30. The molecule has 3 rings (SSSR count). The highest BCUT2D eigenvalue weighted by molar-refractivity contribution is 6.10. The molecule has 2 aromatic rings. The summed E-state index contributed by atoms with van der Waals surface area (Å²) in [7, 11) is 0. The van der Waals surface area contributed by atoms with Gasteiger partial charge in [0.2, 0.25) is 11.8 Å². The van der Waals surface area contributed by atoms with Crippen molar-refractivity contribution in [1.29, 1.82) is 0 Å². The van der Waals surface area contributed by atoms with Crippen molar-refractivity contribution in [2.24, 2.45) is 0 Å². The Hall–Kier alpha value is -2.62. The highest BCUT2D eigenvalue weighted by Crippen LogP contribution is 2.27. The molecule has 1 aliphatic heterocycles. The second-order valence-corrected chi connectivity index (χ2v) is 6.43. The first kappa shape index (κ1) is 17.2. The monoisotopic (exact) mass is 336 g/mol. The Morgan fingerprint density at radius 2 is 1.92 bits per heavy atom. The molecule has 4 heteroatoms. The number of para-hydroxylation sites is 1. The summed E-state index contributed by atoms with van der Waals surface area (Å²) in [4.78, 5) is 28.9. The van der Waals surface area contributed by atoms with Crippen LogP contribution >= 0.6 is 0 Å². The number of hydrogen-bond acceptors (Lipinski definition) is 2. The van der Waals surface area contributed by atoms with Gasteiger partial charge in [-0.2, -0.15) is 0 Å². The number of benzene rings is 2. The number of aryl methyl sites for hydroxylation is 2. The van der Waals surface area contributed by atoms with Crippen molar-refractivity contribution in [3.05, 3.63) is 59.7 Å². The normalized spacial score (nSPS) is 13.3. The van der Waals surface area contributed by atoms with Gasteiger partial charge < -0.3 is 9.80 Å². The van der Waals surface area contributed by atoms with Crippen LogP contribution in [0.3, 0.4) is 0 Å². The van der Waals surface area contributed by atoms with Crippen LogP contribution in [0, 0.1) is 6.92 Å². The quantitative estimate of drug-likeness (QED) is 0.799. The van der Waals surface area contributed by atoms with E-state index in [1.807, 2.05) is 56.3 Å². The standard InChI is InChI=1S/C21H24N2O2/c1-3-22(18-11-6-8-16(2)14-18)20(24)15-21(25)23-13-7-10-17-9-4-5-12-19(17)23/h4-6,8-9,11-12,14H,3,7,10,13,15H2,1-2H3. The lowest BCUT2D eigenvalue weighted by molar-refractivity contribution is -0.126. The zero-order valence-corrected chi connectivity index (χ0v) is 14.9. The second-order valence-electron chi connectivity index (χ2n) is 6.43. The van der Waals surface area contributed by atoms with E-state index in [0.29, 0.717) is 13.1 Å². The van der Waals surface area contributed by atoms with Gasteiger partial charge >= 0.3 is 0 Å². The molecule has 2 aromatic carbocycles. The molecule has 0 bridgehead atoms. The zero-order valence-electron chi connectivity index (χ0n) is 14.9. The van der Waals surface area contributed by atoms with Crippen molar-refractivity contribution in [3.8, 4) is 0 Å². The van der Waals surface area contributed by atoms with E-state index in [1.54, 1.807) is 9.80 Å². The van der Waals surface area contributed by atoms with Crippen LogP contribution in [0.4, 0.5) is 11.4 Å². The van der Waals surface area contributed by atoms with Crippen LogP contribution in [-0.2, 0) is 16.0 Å². The number of nitrogens with zero attached hydrogens (tertiary/aromatic N) is 2. The van der Waals surface area contributed by atoms with Gasteiger partial charge in [0.1, 0.15) is 6.42 Å². The van der Waals surface area contributed by atoms with Gasteiger partial charge in [-0.25, -0.2) is 0 Å². The van der Waals surface area contributed by atoms with Crippen molar-refractivity contribution < 1.29 is 9.59 Å². The molecule has 0 saturated carbocycles. The summed E-state index contributed by atoms with van der Waals surface area (Å²) in [5.41, 5.74) is 4.07. The van der Waals surface area contributed by atoms with Gasteiger partial charge in [0, 0.05) is 24.5 Å². The minimum absolute atomic E-state index is 0.101. The van der Waals surface area contributed by atoms with Crippen LogP contribution in [0.2, 0.25) is 0 Å². The SMILES string of the molecule is CCN(C(=O)CC(=O)N1CCCc2ccccc21)c1cccc(C)c1. The Balaban J connectivity index is 1.75. The fourth-order valence-corrected chi connectivity index (χ4v) is 3.41. The summed E-state index contributed by atoms with van der Waals surface area (Å²) in [5.74, 6) is -0.274. The average molecular weight is 336 g/mol. The van der Waals surface area contributed by atoms with Crippen LogP contribution in [-0.4, -0.2) is 24.9 Å². The number of hydrogen-bond donors (Lipinski definition) is 0. The third kappa shape index (κ3) is 3.73. The smallest absolute Gasteiger partial charge is 0.236 e. The van der Waals surface area contributed by atoms with E-state index in [4.69, 9.17) is 0 Å². The fourth-order valence-electron chi connectivity index (χ4n) is 3.41. The van der Waals surface area contributed by atoms with Crippen LogP contribution in [0.1, 0.15) is 30.9 Å². The molecule has 0 saturated heterocycles. The third-order valence-electron chi connectivity index (χ3n) is 4.64. The van der Waals surface area contributed by atoms with Crippen LogP contribution in [0.5, 0.6) is 0 Å². The van der Waals surface area contributed by atoms with Gasteiger partial charge in [-0.15, -0.1) is 0 Å². The first-order chi connectivity index (χ1) is 12.1. The number of rotatable bonds is 4. The predicted molar refractivity (Wildman–Crippen MR) is 101 cm³/mol. The molecule has 25 heavy (non-hydrogen) atoms. The minimum Gasteiger partial charge on any atom is -0.312 e. The van der Waals surface area contributed by atoms with Gasteiger partial charge in [0.25, 0.3) is 0 Å². The number of amides is 2. The van der Waals surface area contributed by atoms with Crippen molar-refractivity contribution in [3.63, 3.8) is 0 Å². The van der Waals surface area contributed by atoms with Crippen molar-refractivity contribution in [2.75, 3.05) is 22.9 Å². The Kier molecular flexibility index (Phi) is 5.17. The summed E-state index contributed by atoms with van der Waals surface area (Å²) < 4.78 is 0. The summed E-state index contributed by atoms with van der Waals surface area (Å²) >= 11 is 0. The van der Waals surface area contributed by atoms with Crippen molar-refractivity contribution in [1.82, 2.24) is 0 Å². The van der Waals surface area contributed by atoms with E-state index in [-0.39, 0.29) is 18.2 Å². The summed E-state index contributed by atoms with van der Waals surface area (Å²) in [6, 6.07) is 15.8. The lowest BCUT2D eigenvalue weighted by Crippen LogP contribution is -2.40. The van der Waals surface area contributed by atoms with Gasteiger partial charge in [-0.1, -0.05) is 30.3 Å². The Labute approximate surface area is 149 Å². The van der Waals surface area contributed by atoms with Crippen LogP contribution in [0.25, 0.3) is 0 Å². The van der Waals surface area contributed by atoms with Crippen molar-refractivity contribution in [2.45, 2.75) is 33.1 Å². The summed E-state index contributed by atoms with van der Waals surface area (Å²) in [5, 5.41) is 0. The van der Waals surface area contributed by atoms with Gasteiger partial charge in [0.05, 0.1) is 0 Å². The van der Waals surface area contributed by atoms with E-state index in [2.05, 4.69) is 6.07 Å². The molecule has 0 unspecified atom stereocenters. The second kappa shape index (κ2) is 7.51. The van der Waals surface area contributed by atoms with E-state index < -0.39 is 0 Å². The molecule has 1 aliphatic rings. The molecule has 0 fully saturated rings. The Morgan fingerprint density at radius 3 is 2.68 bits per heavy atom. The molecular formula is C21H24N2O2. The van der Waals surface area contributed by atoms with Gasteiger partial charge in [-0.3, -0.25) is 9.59 Å². The van der Waals surface area contributed by atoms with Crippen LogP contribution in [0.15, 0.2) is 48.5 Å². The average Bonchev–Trinajstić information content (AvgIpc) is 2.62. The lowest BCUT2D eigenvalue weighted by atomic mass is 10.0. The first-order valence-corrected chi connectivity index (χ1v) is 8.85. The van der Waals surface area contributed by atoms with Crippen LogP contribution < -0.4 is 9.80 Å². The topological polar surface area (TPSA) is 40.6 Å². The zero-order chi connectivity index (χ0) is 17.8. The number of carbonyl (C=O) groups is 2. The Morgan fingerprint density at radius 1 is 1.12 bits per heavy atom. The maximum absolute atomic E-state index is 12.8. The molecule has 2 amide bonds. The molecule has 0 atom stereocenters. The summed E-state index contributed by atoms with van der Waals surface area (Å²) in [6.07, 6.45) is 1.82. The molecule has 0 spiro atoms. The Bertz CT molecular complexity index is 785. The van der Waals surface area contributed by atoms with Gasteiger partial charge in [-0.05, 0) is 56.0 Å². The molecule has 0 aromatic heterocycles. The highest BCUT2D eigenvalue weighted by Gasteiger charge is 2.26. The number of carbonyl (C=O) groups excluding carboxylic acids is 2. The molecule has 0 radical (unpaired) electrons. The number of anilines is 2. The molecule has 1 heterocycles. The summed E-state index contributed by atoms with van der Waals surface area (Å²) in [6.45, 7) is 5.16. The molecule has 130 valence electrons. The van der Waals surface area contributed by atoms with Crippen molar-refractivity contribution >= 4 is 23.2 Å². The minimum atomic E-state index is -0.152. The van der Waals surface area contributed by atoms with E-state index in [9.17, 15) is 9.59 Å². The first-order valence-electron chi connectivity index (χ1n) is 8.85. The van der Waals surface area contributed by atoms with E-state index in [0.717, 1.165) is 29.8 Å². The van der Waals surface area contributed by atoms with Gasteiger partial charge in [0.15, 0.2) is 0 Å². The highest BCUT2D eigenvalue weighted by atomic mass is 16.2. The van der Waals surface area contributed by atoms with E-state index >= 15 is 0 Å². The molecular weight excluding hydrogens is 312 g/mol. The predicted octanol–water partition coefficient (Wildman–Crippen LogP) is 3.72. The maximum atomic E-state index is 12.8. The number of fused-ring (bicyclic) bond motifs is 1. The third-order valence-corrected chi connectivity index (χ3v) is 4.64.